The predicted molar refractivity (Wildman–Crippen MR) is 76.1 cm³/mol. The molecular formula is C15H20N2O2. The molecule has 4 heteroatoms. The molecule has 0 aliphatic rings. The molecule has 102 valence electrons. The lowest BCUT2D eigenvalue weighted by Crippen LogP contribution is -2.36. The van der Waals surface area contributed by atoms with Crippen molar-refractivity contribution < 1.29 is 9.21 Å². The van der Waals surface area contributed by atoms with Crippen molar-refractivity contribution >= 4 is 16.9 Å². The summed E-state index contributed by atoms with van der Waals surface area (Å²) in [7, 11) is 0. The van der Waals surface area contributed by atoms with Crippen molar-refractivity contribution in [1.82, 2.24) is 4.90 Å². The summed E-state index contributed by atoms with van der Waals surface area (Å²) < 4.78 is 5.42. The van der Waals surface area contributed by atoms with E-state index in [0.29, 0.717) is 18.7 Å². The van der Waals surface area contributed by atoms with E-state index in [9.17, 15) is 4.79 Å². The van der Waals surface area contributed by atoms with E-state index in [1.54, 1.807) is 11.2 Å². The summed E-state index contributed by atoms with van der Waals surface area (Å²) in [6.45, 7) is 3.91. The van der Waals surface area contributed by atoms with E-state index < -0.39 is 0 Å². The minimum absolute atomic E-state index is 0.00356. The van der Waals surface area contributed by atoms with Gasteiger partial charge in [0.05, 0.1) is 5.56 Å². The number of para-hydroxylation sites is 1. The quantitative estimate of drug-likeness (QED) is 0.868. The van der Waals surface area contributed by atoms with Crippen LogP contribution in [0, 0.1) is 0 Å². The topological polar surface area (TPSA) is 59.5 Å². The van der Waals surface area contributed by atoms with Crippen molar-refractivity contribution in [3.63, 3.8) is 0 Å². The normalized spacial score (nSPS) is 10.8. The summed E-state index contributed by atoms with van der Waals surface area (Å²) in [6, 6.07) is 7.58. The number of unbranched alkanes of at least 4 members (excludes halogenated alkanes) is 1. The Bertz CT molecular complexity index is 548. The van der Waals surface area contributed by atoms with Gasteiger partial charge >= 0.3 is 0 Å². The smallest absolute Gasteiger partial charge is 0.257 e. The minimum atomic E-state index is 0.00356. The maximum absolute atomic E-state index is 12.5. The van der Waals surface area contributed by atoms with Gasteiger partial charge in [0.1, 0.15) is 11.8 Å². The first-order valence-electron chi connectivity index (χ1n) is 6.73. The molecule has 0 fully saturated rings. The van der Waals surface area contributed by atoms with Gasteiger partial charge < -0.3 is 15.1 Å². The maximum Gasteiger partial charge on any atom is 0.257 e. The summed E-state index contributed by atoms with van der Waals surface area (Å²) in [5.74, 6) is 0.00356. The molecule has 19 heavy (non-hydrogen) atoms. The number of nitrogens with two attached hydrogens (primary N) is 1. The molecule has 2 aromatic rings. The number of hydrogen-bond acceptors (Lipinski definition) is 3. The van der Waals surface area contributed by atoms with E-state index in [1.165, 1.54) is 0 Å². The summed E-state index contributed by atoms with van der Waals surface area (Å²) in [6.07, 6.45) is 3.59. The number of hydrogen-bond donors (Lipinski definition) is 1. The van der Waals surface area contributed by atoms with Crippen LogP contribution in [0.5, 0.6) is 0 Å². The van der Waals surface area contributed by atoms with Crippen LogP contribution >= 0.6 is 0 Å². The Morgan fingerprint density at radius 3 is 2.84 bits per heavy atom. The van der Waals surface area contributed by atoms with Crippen LogP contribution in [0.2, 0.25) is 0 Å². The largest absolute Gasteiger partial charge is 0.463 e. The molecule has 1 aromatic carbocycles. The van der Waals surface area contributed by atoms with Crippen molar-refractivity contribution in [2.75, 3.05) is 19.6 Å². The van der Waals surface area contributed by atoms with Gasteiger partial charge in [0.25, 0.3) is 5.91 Å². The van der Waals surface area contributed by atoms with Gasteiger partial charge in [0, 0.05) is 25.0 Å². The molecule has 0 aliphatic carbocycles. The van der Waals surface area contributed by atoms with E-state index >= 15 is 0 Å². The Balaban J connectivity index is 2.25. The summed E-state index contributed by atoms with van der Waals surface area (Å²) in [5.41, 5.74) is 6.96. The van der Waals surface area contributed by atoms with E-state index in [0.717, 1.165) is 30.4 Å². The lowest BCUT2D eigenvalue weighted by atomic mass is 10.1. The monoisotopic (exact) mass is 260 g/mol. The summed E-state index contributed by atoms with van der Waals surface area (Å²) in [5, 5.41) is 0.867. The second-order valence-corrected chi connectivity index (χ2v) is 4.58. The highest BCUT2D eigenvalue weighted by Gasteiger charge is 2.19. The van der Waals surface area contributed by atoms with Crippen LogP contribution in [-0.4, -0.2) is 30.4 Å². The Kier molecular flexibility index (Phi) is 4.58. The zero-order valence-electron chi connectivity index (χ0n) is 11.3. The number of benzene rings is 1. The summed E-state index contributed by atoms with van der Waals surface area (Å²) in [4.78, 5) is 14.3. The fourth-order valence-electron chi connectivity index (χ4n) is 2.13. The average Bonchev–Trinajstić information content (AvgIpc) is 2.86. The minimum Gasteiger partial charge on any atom is -0.463 e. The molecule has 0 radical (unpaired) electrons. The third-order valence-corrected chi connectivity index (χ3v) is 3.18. The van der Waals surface area contributed by atoms with Crippen LogP contribution in [0.3, 0.4) is 0 Å². The molecule has 0 atom stereocenters. The van der Waals surface area contributed by atoms with E-state index in [2.05, 4.69) is 6.92 Å². The molecule has 0 saturated heterocycles. The van der Waals surface area contributed by atoms with E-state index in [-0.39, 0.29) is 5.91 Å². The standard InChI is InChI=1S/C15H20N2O2/c1-2-3-9-17(10-8-16)15(18)13-11-19-14-7-5-4-6-12(13)14/h4-7,11H,2-3,8-10,16H2,1H3. The predicted octanol–water partition coefficient (Wildman–Crippen LogP) is 2.63. The van der Waals surface area contributed by atoms with Gasteiger partial charge in [-0.3, -0.25) is 4.79 Å². The van der Waals surface area contributed by atoms with Gasteiger partial charge in [-0.05, 0) is 12.5 Å². The van der Waals surface area contributed by atoms with Crippen LogP contribution in [0.4, 0.5) is 0 Å². The van der Waals surface area contributed by atoms with Crippen molar-refractivity contribution in [1.29, 1.82) is 0 Å². The Labute approximate surface area is 113 Å². The zero-order chi connectivity index (χ0) is 13.7. The number of nitrogens with zero attached hydrogens (tertiary/aromatic N) is 1. The maximum atomic E-state index is 12.5. The Morgan fingerprint density at radius 2 is 2.11 bits per heavy atom. The van der Waals surface area contributed by atoms with Gasteiger partial charge in [-0.1, -0.05) is 31.5 Å². The van der Waals surface area contributed by atoms with Gasteiger partial charge in [0.2, 0.25) is 0 Å². The SMILES string of the molecule is CCCCN(CCN)C(=O)c1coc2ccccc12. The molecule has 1 heterocycles. The second-order valence-electron chi connectivity index (χ2n) is 4.58. The number of carbonyl (C=O) groups excluding carboxylic acids is 1. The van der Waals surface area contributed by atoms with Crippen molar-refractivity contribution in [3.05, 3.63) is 36.1 Å². The fraction of sp³-hybridized carbons (Fsp3) is 0.400. The highest BCUT2D eigenvalue weighted by atomic mass is 16.3. The molecule has 2 rings (SSSR count). The number of amides is 1. The lowest BCUT2D eigenvalue weighted by molar-refractivity contribution is 0.0759. The highest BCUT2D eigenvalue weighted by molar-refractivity contribution is 6.05. The number of rotatable bonds is 6. The molecule has 2 N–H and O–H groups in total. The first-order chi connectivity index (χ1) is 9.27. The molecule has 4 nitrogen and oxygen atoms in total. The van der Waals surface area contributed by atoms with Crippen molar-refractivity contribution in [2.24, 2.45) is 5.73 Å². The highest BCUT2D eigenvalue weighted by Crippen LogP contribution is 2.22. The molecule has 1 amide bonds. The van der Waals surface area contributed by atoms with Crippen LogP contribution in [0.25, 0.3) is 11.0 Å². The summed E-state index contributed by atoms with van der Waals surface area (Å²) >= 11 is 0. The second kappa shape index (κ2) is 6.38. The lowest BCUT2D eigenvalue weighted by Gasteiger charge is -2.21. The molecule has 0 unspecified atom stereocenters. The number of furan rings is 1. The molecule has 1 aromatic heterocycles. The van der Waals surface area contributed by atoms with E-state index in [1.807, 2.05) is 24.3 Å². The van der Waals surface area contributed by atoms with Crippen LogP contribution < -0.4 is 5.73 Å². The van der Waals surface area contributed by atoms with Crippen LogP contribution in [0.15, 0.2) is 34.9 Å². The molecule has 0 spiro atoms. The fourth-order valence-corrected chi connectivity index (χ4v) is 2.13. The van der Waals surface area contributed by atoms with Crippen molar-refractivity contribution in [3.8, 4) is 0 Å². The van der Waals surface area contributed by atoms with Gasteiger partial charge in [-0.15, -0.1) is 0 Å². The molecule has 0 saturated carbocycles. The third kappa shape index (κ3) is 2.96. The van der Waals surface area contributed by atoms with Crippen LogP contribution in [-0.2, 0) is 0 Å². The van der Waals surface area contributed by atoms with Crippen molar-refractivity contribution in [2.45, 2.75) is 19.8 Å². The van der Waals surface area contributed by atoms with Gasteiger partial charge in [-0.2, -0.15) is 0 Å². The molecular weight excluding hydrogens is 240 g/mol. The van der Waals surface area contributed by atoms with Gasteiger partial charge in [-0.25, -0.2) is 0 Å². The van der Waals surface area contributed by atoms with Crippen LogP contribution in [0.1, 0.15) is 30.1 Å². The average molecular weight is 260 g/mol. The van der Waals surface area contributed by atoms with E-state index in [4.69, 9.17) is 10.2 Å². The first kappa shape index (κ1) is 13.6. The molecule has 0 aliphatic heterocycles. The van der Waals surface area contributed by atoms with Gasteiger partial charge in [0.15, 0.2) is 0 Å². The molecule has 0 bridgehead atoms. The number of fused-ring (bicyclic) bond motifs is 1. The zero-order valence-corrected chi connectivity index (χ0v) is 11.3. The first-order valence-corrected chi connectivity index (χ1v) is 6.73. The Morgan fingerprint density at radius 1 is 1.32 bits per heavy atom. The third-order valence-electron chi connectivity index (χ3n) is 3.18. The Hall–Kier alpha value is -1.81. The number of carbonyl (C=O) groups is 1.